The van der Waals surface area contributed by atoms with Gasteiger partial charge < -0.3 is 15.8 Å². The lowest BCUT2D eigenvalue weighted by Crippen LogP contribution is -2.11. The van der Waals surface area contributed by atoms with Crippen LogP contribution in [0.4, 0.5) is 11.5 Å². The van der Waals surface area contributed by atoms with Crippen LogP contribution in [0.25, 0.3) is 0 Å². The summed E-state index contributed by atoms with van der Waals surface area (Å²) in [6.45, 7) is 5.06. The minimum Gasteiger partial charge on any atom is -0.476 e. The Balaban J connectivity index is 2.20. The minimum atomic E-state index is 0.438. The zero-order valence-electron chi connectivity index (χ0n) is 12.5. The number of aryl methyl sites for hydroxylation is 1. The molecule has 2 aromatic rings. The molecule has 0 saturated carbocycles. The molecular weight excluding hydrogens is 266 g/mol. The van der Waals surface area contributed by atoms with Crippen LogP contribution in [0.2, 0.25) is 0 Å². The van der Waals surface area contributed by atoms with Gasteiger partial charge in [0.15, 0.2) is 5.82 Å². The molecule has 0 unspecified atom stereocenters. The Morgan fingerprint density at radius 1 is 1.24 bits per heavy atom. The highest BCUT2D eigenvalue weighted by atomic mass is 16.5. The summed E-state index contributed by atoms with van der Waals surface area (Å²) in [5.74, 6) is 1.78. The van der Waals surface area contributed by atoms with Crippen molar-refractivity contribution in [2.24, 2.45) is 0 Å². The predicted molar refractivity (Wildman–Crippen MR) is 83.2 cm³/mol. The van der Waals surface area contributed by atoms with E-state index in [1.165, 1.54) is 0 Å². The second-order valence-electron chi connectivity index (χ2n) is 4.56. The highest BCUT2D eigenvalue weighted by molar-refractivity contribution is 5.66. The van der Waals surface area contributed by atoms with Gasteiger partial charge in [0.05, 0.1) is 18.8 Å². The second kappa shape index (κ2) is 7.42. The number of nitrogen functional groups attached to an aromatic ring is 1. The number of ether oxygens (including phenoxy) is 1. The van der Waals surface area contributed by atoms with Crippen molar-refractivity contribution >= 4 is 11.5 Å². The van der Waals surface area contributed by atoms with Crippen LogP contribution >= 0.6 is 0 Å². The SMILES string of the molecule is CCCc1nc(NCc2ccccn2)c(N)c(OCC)n1. The molecule has 6 nitrogen and oxygen atoms in total. The van der Waals surface area contributed by atoms with Crippen LogP contribution in [0.5, 0.6) is 5.88 Å². The van der Waals surface area contributed by atoms with Gasteiger partial charge in [-0.25, -0.2) is 4.98 Å². The molecule has 6 heteroatoms. The van der Waals surface area contributed by atoms with E-state index in [1.54, 1.807) is 6.20 Å². The Kier molecular flexibility index (Phi) is 5.31. The smallest absolute Gasteiger partial charge is 0.242 e. The summed E-state index contributed by atoms with van der Waals surface area (Å²) in [7, 11) is 0. The van der Waals surface area contributed by atoms with Crippen LogP contribution in [0, 0.1) is 0 Å². The van der Waals surface area contributed by atoms with Gasteiger partial charge in [0.1, 0.15) is 11.5 Å². The van der Waals surface area contributed by atoms with Gasteiger partial charge in [-0.2, -0.15) is 4.98 Å². The molecule has 0 fully saturated rings. The molecule has 3 N–H and O–H groups in total. The van der Waals surface area contributed by atoms with Gasteiger partial charge in [-0.15, -0.1) is 0 Å². The summed E-state index contributed by atoms with van der Waals surface area (Å²) >= 11 is 0. The Morgan fingerprint density at radius 2 is 2.10 bits per heavy atom. The van der Waals surface area contributed by atoms with Crippen molar-refractivity contribution in [2.45, 2.75) is 33.2 Å². The maximum Gasteiger partial charge on any atom is 0.242 e. The van der Waals surface area contributed by atoms with Crippen LogP contribution in [-0.4, -0.2) is 21.6 Å². The average molecular weight is 287 g/mol. The Labute approximate surface area is 124 Å². The maximum atomic E-state index is 6.07. The molecule has 2 rings (SSSR count). The number of nitrogens with one attached hydrogen (secondary N) is 1. The van der Waals surface area contributed by atoms with Crippen LogP contribution in [-0.2, 0) is 13.0 Å². The van der Waals surface area contributed by atoms with Gasteiger partial charge in [-0.1, -0.05) is 13.0 Å². The number of hydrogen-bond acceptors (Lipinski definition) is 6. The molecule has 2 heterocycles. The van der Waals surface area contributed by atoms with Crippen molar-refractivity contribution < 1.29 is 4.74 Å². The molecule has 0 aliphatic heterocycles. The fourth-order valence-electron chi connectivity index (χ4n) is 1.89. The lowest BCUT2D eigenvalue weighted by molar-refractivity contribution is 0.327. The van der Waals surface area contributed by atoms with Crippen molar-refractivity contribution in [3.63, 3.8) is 0 Å². The average Bonchev–Trinajstić information content (AvgIpc) is 2.50. The van der Waals surface area contributed by atoms with Gasteiger partial charge in [0.25, 0.3) is 0 Å². The van der Waals surface area contributed by atoms with E-state index in [-0.39, 0.29) is 0 Å². The number of pyridine rings is 1. The summed E-state index contributed by atoms with van der Waals surface area (Å²) in [6.07, 6.45) is 3.52. The Morgan fingerprint density at radius 3 is 2.76 bits per heavy atom. The molecule has 0 saturated heterocycles. The molecule has 112 valence electrons. The van der Waals surface area contributed by atoms with E-state index in [1.807, 2.05) is 25.1 Å². The highest BCUT2D eigenvalue weighted by Crippen LogP contribution is 2.26. The largest absolute Gasteiger partial charge is 0.476 e. The summed E-state index contributed by atoms with van der Waals surface area (Å²) < 4.78 is 5.48. The fraction of sp³-hybridized carbons (Fsp3) is 0.400. The first-order chi connectivity index (χ1) is 10.2. The molecular formula is C15H21N5O. The first-order valence-corrected chi connectivity index (χ1v) is 7.17. The summed E-state index contributed by atoms with van der Waals surface area (Å²) in [4.78, 5) is 13.1. The van der Waals surface area contributed by atoms with Gasteiger partial charge in [0.2, 0.25) is 5.88 Å². The van der Waals surface area contributed by atoms with Gasteiger partial charge >= 0.3 is 0 Å². The maximum absolute atomic E-state index is 6.07. The van der Waals surface area contributed by atoms with E-state index in [0.29, 0.717) is 30.5 Å². The third-order valence-electron chi connectivity index (χ3n) is 2.87. The molecule has 0 aliphatic carbocycles. The third-order valence-corrected chi connectivity index (χ3v) is 2.87. The predicted octanol–water partition coefficient (Wildman–Crippen LogP) is 2.42. The third kappa shape index (κ3) is 4.05. The molecule has 0 spiro atoms. The summed E-state index contributed by atoms with van der Waals surface area (Å²) in [5.41, 5.74) is 7.43. The standard InChI is InChI=1S/C15H21N5O/c1-3-7-12-19-14(13(16)15(20-12)21-4-2)18-10-11-8-5-6-9-17-11/h5-6,8-9H,3-4,7,10,16H2,1-2H3,(H,18,19,20). The van der Waals surface area contributed by atoms with Gasteiger partial charge in [0, 0.05) is 12.6 Å². The summed E-state index contributed by atoms with van der Waals surface area (Å²) in [5, 5.41) is 3.21. The molecule has 2 aromatic heterocycles. The van der Waals surface area contributed by atoms with E-state index in [9.17, 15) is 0 Å². The number of nitrogens with zero attached hydrogens (tertiary/aromatic N) is 3. The normalized spacial score (nSPS) is 10.4. The van der Waals surface area contributed by atoms with Crippen molar-refractivity contribution in [3.05, 3.63) is 35.9 Å². The fourth-order valence-corrected chi connectivity index (χ4v) is 1.89. The highest BCUT2D eigenvalue weighted by Gasteiger charge is 2.12. The monoisotopic (exact) mass is 287 g/mol. The van der Waals surface area contributed by atoms with Crippen molar-refractivity contribution in [3.8, 4) is 5.88 Å². The number of anilines is 2. The quantitative estimate of drug-likeness (QED) is 0.813. The van der Waals surface area contributed by atoms with E-state index in [2.05, 4.69) is 27.2 Å². The molecule has 0 radical (unpaired) electrons. The lowest BCUT2D eigenvalue weighted by atomic mass is 10.3. The second-order valence-corrected chi connectivity index (χ2v) is 4.56. The first-order valence-electron chi connectivity index (χ1n) is 7.17. The molecule has 0 amide bonds. The van der Waals surface area contributed by atoms with Crippen LogP contribution in [0.1, 0.15) is 31.8 Å². The number of hydrogen-bond donors (Lipinski definition) is 2. The van der Waals surface area contributed by atoms with Crippen LogP contribution < -0.4 is 15.8 Å². The lowest BCUT2D eigenvalue weighted by Gasteiger charge is -2.13. The van der Waals surface area contributed by atoms with E-state index in [0.717, 1.165) is 24.4 Å². The van der Waals surface area contributed by atoms with Crippen LogP contribution in [0.15, 0.2) is 24.4 Å². The zero-order valence-corrected chi connectivity index (χ0v) is 12.5. The number of aromatic nitrogens is 3. The van der Waals surface area contributed by atoms with Crippen molar-refractivity contribution in [1.82, 2.24) is 15.0 Å². The topological polar surface area (TPSA) is 86.0 Å². The van der Waals surface area contributed by atoms with Crippen LogP contribution in [0.3, 0.4) is 0 Å². The Hall–Kier alpha value is -2.37. The van der Waals surface area contributed by atoms with Crippen molar-refractivity contribution in [2.75, 3.05) is 17.7 Å². The first kappa shape index (κ1) is 15.0. The number of rotatable bonds is 7. The zero-order chi connectivity index (χ0) is 15.1. The molecule has 21 heavy (non-hydrogen) atoms. The number of nitrogens with two attached hydrogens (primary N) is 1. The van der Waals surface area contributed by atoms with Gasteiger partial charge in [-0.3, -0.25) is 4.98 Å². The molecule has 0 aromatic carbocycles. The van der Waals surface area contributed by atoms with Gasteiger partial charge in [-0.05, 0) is 25.5 Å². The van der Waals surface area contributed by atoms with E-state index < -0.39 is 0 Å². The Bertz CT molecular complexity index is 574. The molecule has 0 atom stereocenters. The van der Waals surface area contributed by atoms with E-state index in [4.69, 9.17) is 10.5 Å². The molecule has 0 aliphatic rings. The minimum absolute atomic E-state index is 0.438. The van der Waals surface area contributed by atoms with E-state index >= 15 is 0 Å². The summed E-state index contributed by atoms with van der Waals surface area (Å²) in [6, 6.07) is 5.78. The molecule has 0 bridgehead atoms. The van der Waals surface area contributed by atoms with Crippen molar-refractivity contribution in [1.29, 1.82) is 0 Å².